The quantitative estimate of drug-likeness (QED) is 0.729. The summed E-state index contributed by atoms with van der Waals surface area (Å²) in [5.74, 6) is 0. The molecular formula is C10H14N2O3S. The van der Waals surface area contributed by atoms with Crippen molar-refractivity contribution in [3.63, 3.8) is 0 Å². The number of amides is 1. The molecule has 0 spiro atoms. The Hall–Kier alpha value is -1.40. The molecule has 1 aromatic carbocycles. The largest absolute Gasteiger partial charge is 0.329 e. The van der Waals surface area contributed by atoms with Crippen LogP contribution in [0.4, 0.5) is 5.69 Å². The number of sulfonamides is 1. The van der Waals surface area contributed by atoms with Crippen LogP contribution in [0.15, 0.2) is 29.2 Å². The first kappa shape index (κ1) is 12.7. The fraction of sp³-hybridized carbons (Fsp3) is 0.300. The molecule has 0 aliphatic carbocycles. The van der Waals surface area contributed by atoms with Crippen LogP contribution in [0.2, 0.25) is 0 Å². The zero-order valence-corrected chi connectivity index (χ0v) is 9.75. The van der Waals surface area contributed by atoms with Crippen LogP contribution in [0.3, 0.4) is 0 Å². The highest BCUT2D eigenvalue weighted by atomic mass is 32.2. The number of hydrogen-bond acceptors (Lipinski definition) is 3. The molecule has 0 saturated carbocycles. The fourth-order valence-corrected chi connectivity index (χ4v) is 2.25. The first-order valence-corrected chi connectivity index (χ1v) is 6.38. The second kappa shape index (κ2) is 5.62. The van der Waals surface area contributed by atoms with Crippen LogP contribution in [0.1, 0.15) is 13.3 Å². The Kier molecular flexibility index (Phi) is 4.45. The Balaban J connectivity index is 2.84. The summed E-state index contributed by atoms with van der Waals surface area (Å²) in [4.78, 5) is 10.3. The minimum atomic E-state index is -3.42. The van der Waals surface area contributed by atoms with Crippen LogP contribution in [0.5, 0.6) is 0 Å². The molecule has 0 radical (unpaired) electrons. The molecule has 88 valence electrons. The van der Waals surface area contributed by atoms with E-state index in [2.05, 4.69) is 10.0 Å². The van der Waals surface area contributed by atoms with Gasteiger partial charge in [-0.2, -0.15) is 0 Å². The smallest absolute Gasteiger partial charge is 0.240 e. The molecule has 0 aromatic heterocycles. The molecular weight excluding hydrogens is 228 g/mol. The van der Waals surface area contributed by atoms with Crippen LogP contribution in [0, 0.1) is 0 Å². The third-order valence-corrected chi connectivity index (χ3v) is 3.41. The zero-order chi connectivity index (χ0) is 12.0. The first-order chi connectivity index (χ1) is 7.60. The normalized spacial score (nSPS) is 11.1. The van der Waals surface area contributed by atoms with Gasteiger partial charge in [0, 0.05) is 12.2 Å². The highest BCUT2D eigenvalue weighted by Crippen LogP contribution is 2.13. The van der Waals surface area contributed by atoms with Gasteiger partial charge in [-0.15, -0.1) is 0 Å². The maximum Gasteiger partial charge on any atom is 0.240 e. The Morgan fingerprint density at radius 2 is 1.88 bits per heavy atom. The number of nitrogens with one attached hydrogen (secondary N) is 2. The number of hydrogen-bond donors (Lipinski definition) is 2. The highest BCUT2D eigenvalue weighted by molar-refractivity contribution is 7.89. The molecule has 5 nitrogen and oxygen atoms in total. The standard InChI is InChI=1S/C10H14N2O3S/c1-2-7-12-16(14,15)10-5-3-9(4-6-10)11-8-13/h3-6,8,12H,2,7H2,1H3,(H,11,13). The summed E-state index contributed by atoms with van der Waals surface area (Å²) < 4.78 is 25.8. The average molecular weight is 242 g/mol. The molecule has 0 aliphatic rings. The molecule has 0 heterocycles. The predicted octanol–water partition coefficient (Wildman–Crippen LogP) is 0.943. The summed E-state index contributed by atoms with van der Waals surface area (Å²) in [5, 5.41) is 2.43. The van der Waals surface area contributed by atoms with E-state index < -0.39 is 10.0 Å². The van der Waals surface area contributed by atoms with Gasteiger partial charge in [-0.1, -0.05) is 6.92 Å². The van der Waals surface area contributed by atoms with Gasteiger partial charge in [0.2, 0.25) is 16.4 Å². The van der Waals surface area contributed by atoms with E-state index >= 15 is 0 Å². The molecule has 2 N–H and O–H groups in total. The number of anilines is 1. The van der Waals surface area contributed by atoms with Gasteiger partial charge in [-0.3, -0.25) is 4.79 Å². The zero-order valence-electron chi connectivity index (χ0n) is 8.93. The van der Waals surface area contributed by atoms with Crippen molar-refractivity contribution in [2.45, 2.75) is 18.2 Å². The number of rotatable bonds is 6. The van der Waals surface area contributed by atoms with Crippen LogP contribution in [-0.2, 0) is 14.8 Å². The number of benzene rings is 1. The summed E-state index contributed by atoms with van der Waals surface area (Å²) in [6.45, 7) is 2.30. The van der Waals surface area contributed by atoms with Crippen molar-refractivity contribution >= 4 is 22.1 Å². The van der Waals surface area contributed by atoms with Crippen molar-refractivity contribution in [1.82, 2.24) is 4.72 Å². The lowest BCUT2D eigenvalue weighted by Gasteiger charge is -2.06. The van der Waals surface area contributed by atoms with Crippen molar-refractivity contribution in [3.8, 4) is 0 Å². The van der Waals surface area contributed by atoms with E-state index in [4.69, 9.17) is 0 Å². The molecule has 0 bridgehead atoms. The van der Waals surface area contributed by atoms with Crippen LogP contribution < -0.4 is 10.0 Å². The lowest BCUT2D eigenvalue weighted by molar-refractivity contribution is -0.105. The minimum Gasteiger partial charge on any atom is -0.329 e. The summed E-state index contributed by atoms with van der Waals surface area (Å²) in [7, 11) is -3.42. The molecule has 0 fully saturated rings. The monoisotopic (exact) mass is 242 g/mol. The average Bonchev–Trinajstić information content (AvgIpc) is 2.28. The van der Waals surface area contributed by atoms with Gasteiger partial charge < -0.3 is 5.32 Å². The second-order valence-corrected chi connectivity index (χ2v) is 4.95. The Bertz CT molecular complexity index is 440. The van der Waals surface area contributed by atoms with Gasteiger partial charge in [0.05, 0.1) is 4.90 Å². The lowest BCUT2D eigenvalue weighted by Crippen LogP contribution is -2.24. The van der Waals surface area contributed by atoms with E-state index in [1.807, 2.05) is 6.92 Å². The van der Waals surface area contributed by atoms with Gasteiger partial charge in [0.1, 0.15) is 0 Å². The molecule has 1 rings (SSSR count). The SMILES string of the molecule is CCCNS(=O)(=O)c1ccc(NC=O)cc1. The molecule has 0 saturated heterocycles. The van der Waals surface area contributed by atoms with Gasteiger partial charge >= 0.3 is 0 Å². The van der Waals surface area contributed by atoms with Crippen LogP contribution >= 0.6 is 0 Å². The van der Waals surface area contributed by atoms with Crippen molar-refractivity contribution in [2.75, 3.05) is 11.9 Å². The lowest BCUT2D eigenvalue weighted by atomic mass is 10.3. The summed E-state index contributed by atoms with van der Waals surface area (Å²) >= 11 is 0. The Morgan fingerprint density at radius 3 is 2.38 bits per heavy atom. The van der Waals surface area contributed by atoms with Crippen molar-refractivity contribution in [1.29, 1.82) is 0 Å². The van der Waals surface area contributed by atoms with E-state index in [1.165, 1.54) is 24.3 Å². The van der Waals surface area contributed by atoms with E-state index in [0.29, 0.717) is 18.6 Å². The van der Waals surface area contributed by atoms with Gasteiger partial charge in [-0.25, -0.2) is 13.1 Å². The molecule has 16 heavy (non-hydrogen) atoms. The van der Waals surface area contributed by atoms with E-state index in [9.17, 15) is 13.2 Å². The minimum absolute atomic E-state index is 0.192. The van der Waals surface area contributed by atoms with Gasteiger partial charge in [-0.05, 0) is 30.7 Å². The Labute approximate surface area is 94.9 Å². The molecule has 0 unspecified atom stereocenters. The molecule has 1 amide bonds. The van der Waals surface area contributed by atoms with E-state index in [1.54, 1.807) is 0 Å². The van der Waals surface area contributed by atoms with Crippen molar-refractivity contribution < 1.29 is 13.2 Å². The maximum atomic E-state index is 11.7. The summed E-state index contributed by atoms with van der Waals surface area (Å²) in [5.41, 5.74) is 0.560. The first-order valence-electron chi connectivity index (χ1n) is 4.90. The highest BCUT2D eigenvalue weighted by Gasteiger charge is 2.11. The fourth-order valence-electron chi connectivity index (χ4n) is 1.12. The van der Waals surface area contributed by atoms with Gasteiger partial charge in [0.25, 0.3) is 0 Å². The molecule has 0 atom stereocenters. The topological polar surface area (TPSA) is 75.3 Å². The van der Waals surface area contributed by atoms with Crippen LogP contribution in [-0.4, -0.2) is 21.4 Å². The third kappa shape index (κ3) is 3.32. The van der Waals surface area contributed by atoms with Gasteiger partial charge in [0.15, 0.2) is 0 Å². The molecule has 6 heteroatoms. The van der Waals surface area contributed by atoms with Crippen molar-refractivity contribution in [3.05, 3.63) is 24.3 Å². The van der Waals surface area contributed by atoms with E-state index in [-0.39, 0.29) is 4.90 Å². The number of carbonyl (C=O) groups is 1. The predicted molar refractivity (Wildman–Crippen MR) is 61.6 cm³/mol. The van der Waals surface area contributed by atoms with E-state index in [0.717, 1.165) is 6.42 Å². The van der Waals surface area contributed by atoms with Crippen LogP contribution in [0.25, 0.3) is 0 Å². The molecule has 0 aliphatic heterocycles. The summed E-state index contributed by atoms with van der Waals surface area (Å²) in [6.07, 6.45) is 1.28. The Morgan fingerprint density at radius 1 is 1.25 bits per heavy atom. The number of carbonyl (C=O) groups excluding carboxylic acids is 1. The second-order valence-electron chi connectivity index (χ2n) is 3.18. The maximum absolute atomic E-state index is 11.7. The van der Waals surface area contributed by atoms with Crippen molar-refractivity contribution in [2.24, 2.45) is 0 Å². The third-order valence-electron chi connectivity index (χ3n) is 1.93. The molecule has 1 aromatic rings. The summed E-state index contributed by atoms with van der Waals surface area (Å²) in [6, 6.07) is 5.97.